The topological polar surface area (TPSA) is 75.6 Å². The second-order valence-corrected chi connectivity index (χ2v) is 17.5. The Morgan fingerprint density at radius 2 is 1.70 bits per heavy atom. The molecule has 3 fully saturated rings. The van der Waals surface area contributed by atoms with Gasteiger partial charge in [-0.25, -0.2) is 0 Å². The molecule has 0 bridgehead atoms. The summed E-state index contributed by atoms with van der Waals surface area (Å²) in [5.74, 6) is 1.01. The minimum atomic E-state index is -1.87. The molecule has 1 aliphatic carbocycles. The van der Waals surface area contributed by atoms with Gasteiger partial charge in [0.05, 0.1) is 18.8 Å². The molecule has 1 aromatic carbocycles. The first-order valence-corrected chi connectivity index (χ1v) is 19.9. The van der Waals surface area contributed by atoms with Gasteiger partial charge < -0.3 is 33.2 Å². The van der Waals surface area contributed by atoms with E-state index in [9.17, 15) is 5.11 Å². The maximum Gasteiger partial charge on any atom is 0.192 e. The van der Waals surface area contributed by atoms with Crippen LogP contribution in [-0.4, -0.2) is 70.7 Å². The molecular formula is C35H55ClO7Si. The number of rotatable bonds is 17. The van der Waals surface area contributed by atoms with E-state index in [1.807, 2.05) is 30.3 Å². The van der Waals surface area contributed by atoms with Crippen LogP contribution in [0.2, 0.25) is 23.2 Å². The van der Waals surface area contributed by atoms with Gasteiger partial charge in [0.25, 0.3) is 0 Å². The van der Waals surface area contributed by atoms with Crippen LogP contribution < -0.4 is 4.74 Å². The van der Waals surface area contributed by atoms with Gasteiger partial charge in [-0.3, -0.25) is 0 Å². The minimum Gasteiger partial charge on any atom is -0.490 e. The van der Waals surface area contributed by atoms with Crippen LogP contribution in [0.4, 0.5) is 0 Å². The third-order valence-electron chi connectivity index (χ3n) is 9.57. The molecule has 3 aliphatic rings. The first-order valence-electron chi connectivity index (χ1n) is 17.0. The number of allylic oxidation sites excluding steroid dienone is 1. The van der Waals surface area contributed by atoms with Crippen LogP contribution in [0.1, 0.15) is 72.1 Å². The van der Waals surface area contributed by atoms with Crippen LogP contribution in [0.15, 0.2) is 48.6 Å². The molecule has 1 saturated carbocycles. The smallest absolute Gasteiger partial charge is 0.192 e. The molecule has 248 valence electrons. The maximum absolute atomic E-state index is 9.53. The largest absolute Gasteiger partial charge is 0.490 e. The molecule has 0 amide bonds. The number of hydrogen-bond donors (Lipinski definition) is 1. The summed E-state index contributed by atoms with van der Waals surface area (Å²) in [6.45, 7) is 8.68. The molecule has 0 aromatic heterocycles. The summed E-state index contributed by atoms with van der Waals surface area (Å²) in [7, 11) is -1.87. The van der Waals surface area contributed by atoms with Crippen LogP contribution in [-0.2, 0) is 23.4 Å². The summed E-state index contributed by atoms with van der Waals surface area (Å²) in [6.07, 6.45) is 15.4. The van der Waals surface area contributed by atoms with Crippen molar-refractivity contribution in [3.05, 3.63) is 53.6 Å². The van der Waals surface area contributed by atoms with Crippen molar-refractivity contribution in [3.63, 3.8) is 0 Å². The molecule has 0 radical (unpaired) electrons. The van der Waals surface area contributed by atoms with Crippen molar-refractivity contribution in [2.75, 3.05) is 26.4 Å². The Labute approximate surface area is 271 Å². The quantitative estimate of drug-likeness (QED) is 0.135. The van der Waals surface area contributed by atoms with Gasteiger partial charge in [0.2, 0.25) is 0 Å². The predicted molar refractivity (Wildman–Crippen MR) is 178 cm³/mol. The summed E-state index contributed by atoms with van der Waals surface area (Å²) in [5, 5.41) is 10.2. The lowest BCUT2D eigenvalue weighted by Gasteiger charge is -2.34. The van der Waals surface area contributed by atoms with Crippen LogP contribution in [0.25, 0.3) is 0 Å². The van der Waals surface area contributed by atoms with Gasteiger partial charge in [-0.1, -0.05) is 62.7 Å². The average Bonchev–Trinajstić information content (AvgIpc) is 3.36. The third-order valence-corrected chi connectivity index (χ3v) is 14.5. The maximum atomic E-state index is 9.53. The molecule has 7 nitrogen and oxygen atoms in total. The van der Waals surface area contributed by atoms with Gasteiger partial charge in [-0.15, -0.1) is 0 Å². The summed E-state index contributed by atoms with van der Waals surface area (Å²) in [5.41, 5.74) is 0. The number of aliphatic hydroxyl groups is 1. The summed E-state index contributed by atoms with van der Waals surface area (Å²) in [4.78, 5) is 0. The van der Waals surface area contributed by atoms with Crippen molar-refractivity contribution < 1.29 is 33.2 Å². The van der Waals surface area contributed by atoms with E-state index in [-0.39, 0.29) is 49.3 Å². The highest BCUT2D eigenvalue weighted by molar-refractivity contribution is 6.73. The van der Waals surface area contributed by atoms with E-state index in [0.717, 1.165) is 76.1 Å². The van der Waals surface area contributed by atoms with Crippen molar-refractivity contribution >= 4 is 19.9 Å². The Morgan fingerprint density at radius 3 is 2.34 bits per heavy atom. The lowest BCUT2D eigenvalue weighted by atomic mass is 9.89. The highest BCUT2D eigenvalue weighted by atomic mass is 35.5. The van der Waals surface area contributed by atoms with Gasteiger partial charge >= 0.3 is 0 Å². The van der Waals surface area contributed by atoms with E-state index < -0.39 is 8.32 Å². The molecule has 44 heavy (non-hydrogen) atoms. The molecule has 2 heterocycles. The number of hydrogen-bond acceptors (Lipinski definition) is 7. The Balaban J connectivity index is 1.59. The van der Waals surface area contributed by atoms with Crippen LogP contribution in [0.3, 0.4) is 0 Å². The molecule has 9 heteroatoms. The van der Waals surface area contributed by atoms with Gasteiger partial charge in [0.1, 0.15) is 18.5 Å². The van der Waals surface area contributed by atoms with Crippen LogP contribution >= 0.6 is 11.6 Å². The molecule has 7 atom stereocenters. The first kappa shape index (κ1) is 35.6. The monoisotopic (exact) mass is 650 g/mol. The molecule has 0 spiro atoms. The fraction of sp³-hybridized carbons (Fsp3) is 0.714. The average molecular weight is 651 g/mol. The molecule has 3 unspecified atom stereocenters. The number of ether oxygens (including phenoxy) is 5. The highest BCUT2D eigenvalue weighted by Crippen LogP contribution is 2.43. The van der Waals surface area contributed by atoms with Crippen molar-refractivity contribution in [1.82, 2.24) is 0 Å². The van der Waals surface area contributed by atoms with Gasteiger partial charge in [0, 0.05) is 24.2 Å². The van der Waals surface area contributed by atoms with E-state index in [2.05, 4.69) is 39.0 Å². The Bertz CT molecular complexity index is 998. The van der Waals surface area contributed by atoms with E-state index in [1.165, 1.54) is 0 Å². The van der Waals surface area contributed by atoms with E-state index in [1.54, 1.807) is 0 Å². The van der Waals surface area contributed by atoms with Crippen molar-refractivity contribution in [1.29, 1.82) is 0 Å². The van der Waals surface area contributed by atoms with E-state index in [4.69, 9.17) is 39.7 Å². The van der Waals surface area contributed by atoms with Gasteiger partial charge in [-0.05, 0) is 93.6 Å². The third kappa shape index (κ3) is 10.7. The Morgan fingerprint density at radius 1 is 0.977 bits per heavy atom. The normalized spacial score (nSPS) is 29.0. The molecule has 2 aliphatic heterocycles. The Hall–Kier alpha value is -1.23. The first-order chi connectivity index (χ1) is 21.5. The Kier molecular flexibility index (Phi) is 15.2. The molecule has 2 saturated heterocycles. The van der Waals surface area contributed by atoms with Crippen molar-refractivity contribution in [2.45, 2.75) is 121 Å². The standard InChI is InChI=1S/C35H55ClO7Si/c1-4-44(5-2,6-3)43-33-25-32(42-35-18-9-12-23-39-35)31(30(33)16-7-10-21-37)20-19-29(41-34-17-8-11-22-38-34)26-40-28-15-13-14-27(36)24-28/h7,10,13-15,19-20,24,29-35,37H,4-6,8-9,11-12,16-18,21-23,25-26H2,1-3H3/b10-7-,20-19+/t29-,30-,31-,32-,33?,34?,35?/m1/s1. The summed E-state index contributed by atoms with van der Waals surface area (Å²) < 4.78 is 38.6. The molecule has 1 N–H and O–H groups in total. The molecular weight excluding hydrogens is 596 g/mol. The lowest BCUT2D eigenvalue weighted by Crippen LogP contribution is -2.41. The zero-order valence-electron chi connectivity index (χ0n) is 27.0. The second kappa shape index (κ2) is 18.8. The van der Waals surface area contributed by atoms with Gasteiger partial charge in [-0.2, -0.15) is 0 Å². The SMILES string of the molecule is CC[Si](CC)(CC)OC1C[C@@H](OC2CCCCO2)[C@H](/C=C/[C@H](COc2cccc(Cl)c2)OC2CCCCO2)[C@H]1C/C=C\CO. The predicted octanol–water partition coefficient (Wildman–Crippen LogP) is 8.06. The fourth-order valence-corrected chi connectivity index (χ4v) is 9.84. The van der Waals surface area contributed by atoms with Crippen molar-refractivity contribution in [2.24, 2.45) is 11.8 Å². The highest BCUT2D eigenvalue weighted by Gasteiger charge is 2.47. The summed E-state index contributed by atoms with van der Waals surface area (Å²) >= 11 is 6.22. The lowest BCUT2D eigenvalue weighted by molar-refractivity contribution is -0.193. The summed E-state index contributed by atoms with van der Waals surface area (Å²) in [6, 6.07) is 10.8. The number of aliphatic hydroxyl groups excluding tert-OH is 1. The van der Waals surface area contributed by atoms with Crippen LogP contribution in [0.5, 0.6) is 5.75 Å². The zero-order chi connectivity index (χ0) is 31.2. The second-order valence-electron chi connectivity index (χ2n) is 12.4. The number of benzene rings is 1. The van der Waals surface area contributed by atoms with Crippen molar-refractivity contribution in [3.8, 4) is 5.75 Å². The minimum absolute atomic E-state index is 0.0320. The number of halogens is 1. The van der Waals surface area contributed by atoms with E-state index >= 15 is 0 Å². The molecule has 4 rings (SSSR count). The molecule has 1 aromatic rings. The zero-order valence-corrected chi connectivity index (χ0v) is 28.8. The van der Waals surface area contributed by atoms with Gasteiger partial charge in [0.15, 0.2) is 20.9 Å². The van der Waals surface area contributed by atoms with E-state index in [0.29, 0.717) is 24.0 Å². The fourth-order valence-electron chi connectivity index (χ4n) is 6.75. The van der Waals surface area contributed by atoms with Crippen LogP contribution in [0, 0.1) is 11.8 Å².